The van der Waals surface area contributed by atoms with Crippen molar-refractivity contribution in [2.75, 3.05) is 7.11 Å². The van der Waals surface area contributed by atoms with Crippen molar-refractivity contribution in [1.82, 2.24) is 5.32 Å². The Bertz CT molecular complexity index is 204. The van der Waals surface area contributed by atoms with E-state index in [-0.39, 0.29) is 12.8 Å². The summed E-state index contributed by atoms with van der Waals surface area (Å²) in [5.74, 6) is -0.611. The normalized spacial score (nSPS) is 30.0. The van der Waals surface area contributed by atoms with Crippen molar-refractivity contribution in [3.05, 3.63) is 0 Å². The monoisotopic (exact) mass is 197 g/mol. The number of carbonyl (C=O) groups excluding carboxylic acids is 1. The van der Waals surface area contributed by atoms with E-state index in [0.29, 0.717) is 0 Å². The zero-order chi connectivity index (χ0) is 10.1. The summed E-state index contributed by atoms with van der Waals surface area (Å²) < 4.78 is 41.2. The fourth-order valence-corrected chi connectivity index (χ4v) is 1.26. The summed E-state index contributed by atoms with van der Waals surface area (Å²) in [6.45, 7) is 0. The highest BCUT2D eigenvalue weighted by Crippen LogP contribution is 2.27. The van der Waals surface area contributed by atoms with Crippen LogP contribution in [0.15, 0.2) is 0 Å². The number of nitrogens with one attached hydrogen (secondary N) is 1. The first-order chi connectivity index (χ1) is 5.93. The van der Waals surface area contributed by atoms with Gasteiger partial charge in [-0.3, -0.25) is 4.79 Å². The number of carbonyl (C=O) groups is 1. The summed E-state index contributed by atoms with van der Waals surface area (Å²) in [6, 6.07) is -1.77. The summed E-state index contributed by atoms with van der Waals surface area (Å²) in [5, 5.41) is 1.88. The van der Waals surface area contributed by atoms with Crippen molar-refractivity contribution < 1.29 is 22.7 Å². The molecule has 0 bridgehead atoms. The van der Waals surface area contributed by atoms with Crippen LogP contribution in [0.5, 0.6) is 0 Å². The summed E-state index contributed by atoms with van der Waals surface area (Å²) in [4.78, 5) is 10.8. The molecule has 2 atom stereocenters. The Hall–Kier alpha value is -0.780. The smallest absolute Gasteiger partial charge is 0.381 e. The molecule has 1 rings (SSSR count). The maximum Gasteiger partial charge on any atom is 0.408 e. The highest BCUT2D eigenvalue weighted by atomic mass is 19.4. The van der Waals surface area contributed by atoms with E-state index in [0.717, 1.165) is 0 Å². The zero-order valence-corrected chi connectivity index (χ0v) is 7.02. The van der Waals surface area contributed by atoms with Gasteiger partial charge in [0.1, 0.15) is 6.04 Å². The molecule has 1 N–H and O–H groups in total. The molecule has 1 saturated heterocycles. The van der Waals surface area contributed by atoms with Gasteiger partial charge in [-0.1, -0.05) is 0 Å². The number of halogens is 3. The van der Waals surface area contributed by atoms with Gasteiger partial charge in [-0.15, -0.1) is 0 Å². The fourth-order valence-electron chi connectivity index (χ4n) is 1.26. The quantitative estimate of drug-likeness (QED) is 0.676. The SMILES string of the molecule is COC1CC(=O)NC(C(F)(F)F)C1. The maximum absolute atomic E-state index is 12.2. The molecule has 0 radical (unpaired) electrons. The lowest BCUT2D eigenvalue weighted by Crippen LogP contribution is -2.52. The third-order valence-corrected chi connectivity index (χ3v) is 1.98. The van der Waals surface area contributed by atoms with Gasteiger partial charge in [-0.25, -0.2) is 0 Å². The average molecular weight is 197 g/mol. The average Bonchev–Trinajstić information content (AvgIpc) is 2.01. The van der Waals surface area contributed by atoms with Crippen molar-refractivity contribution in [2.45, 2.75) is 31.2 Å². The number of rotatable bonds is 1. The topological polar surface area (TPSA) is 38.3 Å². The highest BCUT2D eigenvalue weighted by Gasteiger charge is 2.44. The van der Waals surface area contributed by atoms with E-state index in [4.69, 9.17) is 4.74 Å². The van der Waals surface area contributed by atoms with Crippen molar-refractivity contribution in [2.24, 2.45) is 0 Å². The Morgan fingerprint density at radius 2 is 2.15 bits per heavy atom. The number of methoxy groups -OCH3 is 1. The van der Waals surface area contributed by atoms with E-state index in [1.54, 1.807) is 0 Å². The summed E-state index contributed by atoms with van der Waals surface area (Å²) >= 11 is 0. The second-order valence-corrected chi connectivity index (χ2v) is 2.96. The van der Waals surface area contributed by atoms with Gasteiger partial charge < -0.3 is 10.1 Å². The van der Waals surface area contributed by atoms with Crippen LogP contribution in [0.1, 0.15) is 12.8 Å². The highest BCUT2D eigenvalue weighted by molar-refractivity contribution is 5.77. The number of piperidine rings is 1. The predicted octanol–water partition coefficient (Wildman–Crippen LogP) is 0.842. The van der Waals surface area contributed by atoms with Crippen molar-refractivity contribution in [3.63, 3.8) is 0 Å². The molecule has 1 aliphatic heterocycles. The molecular weight excluding hydrogens is 187 g/mol. The van der Waals surface area contributed by atoms with Gasteiger partial charge in [0.2, 0.25) is 5.91 Å². The number of amides is 1. The molecule has 1 fully saturated rings. The second-order valence-electron chi connectivity index (χ2n) is 2.96. The Balaban J connectivity index is 2.62. The third-order valence-electron chi connectivity index (χ3n) is 1.98. The lowest BCUT2D eigenvalue weighted by Gasteiger charge is -2.30. The minimum atomic E-state index is -4.38. The maximum atomic E-state index is 12.2. The van der Waals surface area contributed by atoms with Crippen LogP contribution in [0, 0.1) is 0 Å². The van der Waals surface area contributed by atoms with Crippen molar-refractivity contribution in [1.29, 1.82) is 0 Å². The molecule has 0 aromatic rings. The molecule has 0 saturated carbocycles. The Morgan fingerprint density at radius 3 is 2.62 bits per heavy atom. The van der Waals surface area contributed by atoms with Crippen molar-refractivity contribution in [3.8, 4) is 0 Å². The van der Waals surface area contributed by atoms with Crippen LogP contribution in [0.25, 0.3) is 0 Å². The van der Waals surface area contributed by atoms with E-state index >= 15 is 0 Å². The fraction of sp³-hybridized carbons (Fsp3) is 0.857. The van der Waals surface area contributed by atoms with Crippen LogP contribution >= 0.6 is 0 Å². The van der Waals surface area contributed by atoms with Gasteiger partial charge in [0.25, 0.3) is 0 Å². The van der Waals surface area contributed by atoms with Crippen LogP contribution in [0.3, 0.4) is 0 Å². The molecule has 1 aliphatic rings. The van der Waals surface area contributed by atoms with E-state index in [1.165, 1.54) is 7.11 Å². The number of alkyl halides is 3. The van der Waals surface area contributed by atoms with Crippen LogP contribution in [-0.2, 0) is 9.53 Å². The molecule has 1 amide bonds. The molecule has 0 spiro atoms. The lowest BCUT2D eigenvalue weighted by atomic mass is 10.0. The number of hydrogen-bond acceptors (Lipinski definition) is 2. The molecule has 2 unspecified atom stereocenters. The molecule has 0 aromatic carbocycles. The minimum absolute atomic E-state index is 0.00306. The molecule has 3 nitrogen and oxygen atoms in total. The standard InChI is InChI=1S/C7H10F3NO2/c1-13-4-2-5(7(8,9)10)11-6(12)3-4/h4-5H,2-3H2,1H3,(H,11,12). The zero-order valence-electron chi connectivity index (χ0n) is 7.02. The van der Waals surface area contributed by atoms with Gasteiger partial charge >= 0.3 is 6.18 Å². The lowest BCUT2D eigenvalue weighted by molar-refractivity contribution is -0.175. The third kappa shape index (κ3) is 2.58. The van der Waals surface area contributed by atoms with Crippen molar-refractivity contribution >= 4 is 5.91 Å². The summed E-state index contributed by atoms with van der Waals surface area (Å²) in [6.07, 6.45) is -5.21. The molecule has 13 heavy (non-hydrogen) atoms. The first-order valence-corrected chi connectivity index (χ1v) is 3.82. The van der Waals surface area contributed by atoms with Gasteiger partial charge in [-0.05, 0) is 0 Å². The van der Waals surface area contributed by atoms with Crippen LogP contribution in [0.2, 0.25) is 0 Å². The minimum Gasteiger partial charge on any atom is -0.381 e. The molecule has 0 aromatic heterocycles. The Kier molecular flexibility index (Phi) is 2.80. The first kappa shape index (κ1) is 10.3. The summed E-state index contributed by atoms with van der Waals surface area (Å²) in [5.41, 5.74) is 0. The van der Waals surface area contributed by atoms with E-state index in [2.05, 4.69) is 0 Å². The van der Waals surface area contributed by atoms with Crippen LogP contribution in [0.4, 0.5) is 13.2 Å². The van der Waals surface area contributed by atoms with Gasteiger partial charge in [-0.2, -0.15) is 13.2 Å². The van der Waals surface area contributed by atoms with Gasteiger partial charge in [0.05, 0.1) is 12.5 Å². The van der Waals surface area contributed by atoms with Gasteiger partial charge in [0, 0.05) is 13.5 Å². The van der Waals surface area contributed by atoms with E-state index < -0.39 is 24.2 Å². The Morgan fingerprint density at radius 1 is 1.54 bits per heavy atom. The first-order valence-electron chi connectivity index (χ1n) is 3.82. The number of ether oxygens (including phenoxy) is 1. The molecule has 0 aliphatic carbocycles. The Labute approximate surface area is 73.2 Å². The van der Waals surface area contributed by atoms with E-state index in [1.807, 2.05) is 5.32 Å². The summed E-state index contributed by atoms with van der Waals surface area (Å²) in [7, 11) is 1.30. The van der Waals surface area contributed by atoms with Gasteiger partial charge in [0.15, 0.2) is 0 Å². The largest absolute Gasteiger partial charge is 0.408 e. The van der Waals surface area contributed by atoms with E-state index in [9.17, 15) is 18.0 Å². The predicted molar refractivity (Wildman–Crippen MR) is 38.0 cm³/mol. The molecule has 1 heterocycles. The molecule has 6 heteroatoms. The second kappa shape index (κ2) is 3.53. The van der Waals surface area contributed by atoms with Crippen LogP contribution in [-0.4, -0.2) is 31.3 Å². The molecular formula is C7H10F3NO2. The van der Waals surface area contributed by atoms with Crippen LogP contribution < -0.4 is 5.32 Å². The number of hydrogen-bond donors (Lipinski definition) is 1. The molecule has 76 valence electrons.